The number of benzene rings is 1. The largest absolute Gasteiger partial charge is 0.385 e. The molecule has 0 radical (unpaired) electrons. The molecule has 1 aromatic carbocycles. The SMILES string of the molecule is CCCC1(O)CCN(S(=O)(=O)c2ccc(C)cc2)C/C1=C\[Si](C)(C)C. The summed E-state index contributed by atoms with van der Waals surface area (Å²) in [5.74, 6) is 0. The third-order valence-corrected chi connectivity index (χ3v) is 7.72. The molecular formula is C19H31NO3SSi. The van der Waals surface area contributed by atoms with Crippen molar-refractivity contribution in [2.45, 2.75) is 63.2 Å². The minimum absolute atomic E-state index is 0.289. The molecule has 1 aliphatic rings. The smallest absolute Gasteiger partial charge is 0.243 e. The van der Waals surface area contributed by atoms with Crippen LogP contribution in [0.15, 0.2) is 40.4 Å². The fraction of sp³-hybridized carbons (Fsp3) is 0.579. The Hall–Kier alpha value is -0.953. The minimum Gasteiger partial charge on any atom is -0.385 e. The third kappa shape index (κ3) is 4.81. The molecule has 0 aliphatic carbocycles. The lowest BCUT2D eigenvalue weighted by Gasteiger charge is -2.41. The van der Waals surface area contributed by atoms with Crippen LogP contribution in [0, 0.1) is 6.92 Å². The van der Waals surface area contributed by atoms with Gasteiger partial charge in [0.25, 0.3) is 0 Å². The average molecular weight is 382 g/mol. The van der Waals surface area contributed by atoms with Crippen molar-refractivity contribution in [3.8, 4) is 0 Å². The maximum absolute atomic E-state index is 13.0. The van der Waals surface area contributed by atoms with Crippen molar-refractivity contribution in [2.24, 2.45) is 0 Å². The van der Waals surface area contributed by atoms with Crippen LogP contribution in [0.25, 0.3) is 0 Å². The number of rotatable bonds is 5. The summed E-state index contributed by atoms with van der Waals surface area (Å²) in [6.45, 7) is 11.3. The van der Waals surface area contributed by atoms with Crippen LogP contribution in [0.3, 0.4) is 0 Å². The molecule has 1 atom stereocenters. The van der Waals surface area contributed by atoms with Gasteiger partial charge in [0.05, 0.1) is 18.6 Å². The molecule has 4 nitrogen and oxygen atoms in total. The zero-order valence-electron chi connectivity index (χ0n) is 16.0. The first-order valence-corrected chi connectivity index (χ1v) is 14.0. The van der Waals surface area contributed by atoms with E-state index < -0.39 is 23.7 Å². The lowest BCUT2D eigenvalue weighted by atomic mass is 9.84. The second kappa shape index (κ2) is 7.35. The van der Waals surface area contributed by atoms with E-state index in [1.54, 1.807) is 12.1 Å². The molecular weight excluding hydrogens is 350 g/mol. The molecule has 140 valence electrons. The van der Waals surface area contributed by atoms with Gasteiger partial charge in [-0.3, -0.25) is 0 Å². The van der Waals surface area contributed by atoms with Crippen molar-refractivity contribution < 1.29 is 13.5 Å². The fourth-order valence-electron chi connectivity index (χ4n) is 3.35. The quantitative estimate of drug-likeness (QED) is 0.791. The van der Waals surface area contributed by atoms with Crippen molar-refractivity contribution in [1.29, 1.82) is 0 Å². The number of sulfonamides is 1. The van der Waals surface area contributed by atoms with Gasteiger partial charge < -0.3 is 5.11 Å². The number of hydrogen-bond donors (Lipinski definition) is 1. The van der Waals surface area contributed by atoms with Crippen LogP contribution < -0.4 is 0 Å². The average Bonchev–Trinajstić information content (AvgIpc) is 2.49. The van der Waals surface area contributed by atoms with E-state index in [0.29, 0.717) is 24.3 Å². The number of nitrogens with zero attached hydrogens (tertiary/aromatic N) is 1. The summed E-state index contributed by atoms with van der Waals surface area (Å²) in [7, 11) is -5.12. The predicted octanol–water partition coefficient (Wildman–Crippen LogP) is 3.72. The molecule has 1 fully saturated rings. The van der Waals surface area contributed by atoms with E-state index in [1.165, 1.54) is 4.31 Å². The van der Waals surface area contributed by atoms with Crippen molar-refractivity contribution in [3.63, 3.8) is 0 Å². The van der Waals surface area contributed by atoms with E-state index in [9.17, 15) is 13.5 Å². The standard InChI is InChI=1S/C19H31NO3SSi/c1-6-11-19(21)12-13-20(14-17(19)15-25(3,4)5)24(22,23)18-9-7-16(2)8-10-18/h7-10,15,21H,6,11-14H2,1-5H3/b17-15+. The molecule has 0 amide bonds. The Bertz CT molecular complexity index is 735. The summed E-state index contributed by atoms with van der Waals surface area (Å²) in [6, 6.07) is 6.98. The number of aliphatic hydroxyl groups is 1. The summed E-state index contributed by atoms with van der Waals surface area (Å²) < 4.78 is 27.5. The lowest BCUT2D eigenvalue weighted by Crippen LogP contribution is -2.49. The Morgan fingerprint density at radius 3 is 2.36 bits per heavy atom. The van der Waals surface area contributed by atoms with Crippen LogP contribution in [0.4, 0.5) is 0 Å². The molecule has 1 saturated heterocycles. The van der Waals surface area contributed by atoms with Gasteiger partial charge in [-0.25, -0.2) is 8.42 Å². The van der Waals surface area contributed by atoms with E-state index in [-0.39, 0.29) is 6.54 Å². The molecule has 0 bridgehead atoms. The fourth-order valence-corrected chi connectivity index (χ4v) is 6.18. The van der Waals surface area contributed by atoms with Crippen molar-refractivity contribution in [2.75, 3.05) is 13.1 Å². The second-order valence-electron chi connectivity index (χ2n) is 8.22. The maximum Gasteiger partial charge on any atom is 0.243 e. The zero-order valence-corrected chi connectivity index (χ0v) is 17.9. The molecule has 1 unspecified atom stereocenters. The van der Waals surface area contributed by atoms with Crippen molar-refractivity contribution in [1.82, 2.24) is 4.31 Å². The highest BCUT2D eigenvalue weighted by molar-refractivity contribution is 7.89. The topological polar surface area (TPSA) is 57.6 Å². The van der Waals surface area contributed by atoms with Gasteiger partial charge >= 0.3 is 0 Å². The molecule has 6 heteroatoms. The molecule has 1 aromatic rings. The zero-order chi connectivity index (χ0) is 18.9. The predicted molar refractivity (Wildman–Crippen MR) is 106 cm³/mol. The second-order valence-corrected chi connectivity index (χ2v) is 15.2. The summed E-state index contributed by atoms with van der Waals surface area (Å²) in [6.07, 6.45) is 2.02. The van der Waals surface area contributed by atoms with E-state index >= 15 is 0 Å². The summed E-state index contributed by atoms with van der Waals surface area (Å²) in [4.78, 5) is 0.325. The first kappa shape index (κ1) is 20.4. The Balaban J connectivity index is 2.36. The minimum atomic E-state index is -3.54. The monoisotopic (exact) mass is 381 g/mol. The van der Waals surface area contributed by atoms with Gasteiger partial charge in [0.15, 0.2) is 0 Å². The molecule has 1 N–H and O–H groups in total. The van der Waals surface area contributed by atoms with Crippen LogP contribution in [-0.4, -0.2) is 44.6 Å². The number of piperidine rings is 1. The molecule has 0 saturated carbocycles. The number of aryl methyl sites for hydroxylation is 1. The van der Waals surface area contributed by atoms with E-state index in [1.807, 2.05) is 19.1 Å². The summed E-state index contributed by atoms with van der Waals surface area (Å²) >= 11 is 0. The van der Waals surface area contributed by atoms with E-state index in [4.69, 9.17) is 0 Å². The highest BCUT2D eigenvalue weighted by atomic mass is 32.2. The highest BCUT2D eigenvalue weighted by Crippen LogP contribution is 2.35. The third-order valence-electron chi connectivity index (χ3n) is 4.65. The normalized spacial score (nSPS) is 24.6. The summed E-state index contributed by atoms with van der Waals surface area (Å²) in [5.41, 5.74) is 3.23. The van der Waals surface area contributed by atoms with Crippen LogP contribution in [0.1, 0.15) is 31.7 Å². The molecule has 0 spiro atoms. The van der Waals surface area contributed by atoms with E-state index in [2.05, 4.69) is 32.3 Å². The Morgan fingerprint density at radius 1 is 1.24 bits per heavy atom. The van der Waals surface area contributed by atoms with Crippen molar-refractivity contribution in [3.05, 3.63) is 41.1 Å². The van der Waals surface area contributed by atoms with Gasteiger partial charge in [-0.1, -0.05) is 56.4 Å². The first-order valence-electron chi connectivity index (χ1n) is 8.99. The van der Waals surface area contributed by atoms with Gasteiger partial charge in [0.2, 0.25) is 10.0 Å². The van der Waals surface area contributed by atoms with Gasteiger partial charge in [0, 0.05) is 13.1 Å². The molecule has 1 heterocycles. The van der Waals surface area contributed by atoms with Gasteiger partial charge in [-0.2, -0.15) is 4.31 Å². The van der Waals surface area contributed by atoms with Gasteiger partial charge in [0.1, 0.15) is 0 Å². The van der Waals surface area contributed by atoms with Crippen LogP contribution in [0.5, 0.6) is 0 Å². The van der Waals surface area contributed by atoms with Gasteiger partial charge in [-0.05, 0) is 37.5 Å². The van der Waals surface area contributed by atoms with Crippen LogP contribution in [-0.2, 0) is 10.0 Å². The Kier molecular flexibility index (Phi) is 5.98. The van der Waals surface area contributed by atoms with E-state index in [0.717, 1.165) is 17.6 Å². The Morgan fingerprint density at radius 2 is 1.84 bits per heavy atom. The number of hydrogen-bond acceptors (Lipinski definition) is 3. The molecule has 0 aromatic heterocycles. The van der Waals surface area contributed by atoms with Crippen LogP contribution >= 0.6 is 0 Å². The lowest BCUT2D eigenvalue weighted by molar-refractivity contribution is 0.0347. The van der Waals surface area contributed by atoms with Crippen LogP contribution in [0.2, 0.25) is 19.6 Å². The molecule has 1 aliphatic heterocycles. The van der Waals surface area contributed by atoms with Crippen molar-refractivity contribution >= 4 is 18.1 Å². The maximum atomic E-state index is 13.0. The molecule has 25 heavy (non-hydrogen) atoms. The highest BCUT2D eigenvalue weighted by Gasteiger charge is 2.40. The summed E-state index contributed by atoms with van der Waals surface area (Å²) in [5, 5.41) is 11.1. The Labute approximate surface area is 153 Å². The van der Waals surface area contributed by atoms with Gasteiger partial charge in [-0.15, -0.1) is 0 Å². The molecule has 2 rings (SSSR count). The first-order chi connectivity index (χ1) is 11.5.